The van der Waals surface area contributed by atoms with Crippen LogP contribution in [-0.4, -0.2) is 50.7 Å². The van der Waals surface area contributed by atoms with E-state index in [4.69, 9.17) is 11.6 Å². The highest BCUT2D eigenvalue weighted by Crippen LogP contribution is 2.27. The third kappa shape index (κ3) is 5.29. The number of anilines is 1. The first-order valence-electron chi connectivity index (χ1n) is 8.50. The largest absolute Gasteiger partial charge is 0.325 e. The normalized spacial score (nSPS) is 13.0. The monoisotopic (exact) mass is 427 g/mol. The molecule has 2 aromatic rings. The first-order chi connectivity index (χ1) is 13.0. The van der Waals surface area contributed by atoms with Gasteiger partial charge in [-0.2, -0.15) is 0 Å². The molecule has 0 fully saturated rings. The summed E-state index contributed by atoms with van der Waals surface area (Å²) >= 11 is 6.02. The summed E-state index contributed by atoms with van der Waals surface area (Å²) in [5.41, 5.74) is 1.06. The van der Waals surface area contributed by atoms with Crippen molar-refractivity contribution in [1.29, 1.82) is 0 Å². The van der Waals surface area contributed by atoms with Gasteiger partial charge in [-0.1, -0.05) is 23.7 Å². The second kappa shape index (κ2) is 9.00. The fraction of sp³-hybridized carbons (Fsp3) is 0.316. The topological polar surface area (TPSA) is 69.7 Å². The number of benzene rings is 2. The van der Waals surface area contributed by atoms with Crippen LogP contribution in [0, 0.1) is 5.82 Å². The van der Waals surface area contributed by atoms with Gasteiger partial charge in [0.2, 0.25) is 15.9 Å². The maximum Gasteiger partial charge on any atom is 0.244 e. The van der Waals surface area contributed by atoms with E-state index >= 15 is 0 Å². The summed E-state index contributed by atoms with van der Waals surface area (Å²) < 4.78 is 39.1. The molecule has 0 saturated heterocycles. The first kappa shape index (κ1) is 22.3. The SMILES string of the molecule is CC(C(=O)Nc1ccc(Cl)c(S(=O)(=O)N(C)C)c1)N(C)Cc1cccc(F)c1. The lowest BCUT2D eigenvalue weighted by molar-refractivity contribution is -0.120. The van der Waals surface area contributed by atoms with E-state index in [2.05, 4.69) is 5.32 Å². The van der Waals surface area contributed by atoms with Gasteiger partial charge < -0.3 is 5.32 Å². The van der Waals surface area contributed by atoms with E-state index in [1.54, 1.807) is 31.0 Å². The Morgan fingerprint density at radius 3 is 2.46 bits per heavy atom. The summed E-state index contributed by atoms with van der Waals surface area (Å²) in [4.78, 5) is 14.2. The maximum absolute atomic E-state index is 13.3. The lowest BCUT2D eigenvalue weighted by Gasteiger charge is -2.24. The molecule has 1 amide bonds. The molecule has 0 spiro atoms. The molecule has 0 aliphatic rings. The number of likely N-dealkylation sites (N-methyl/N-ethyl adjacent to an activating group) is 1. The molecule has 0 aliphatic heterocycles. The number of sulfonamides is 1. The van der Waals surface area contributed by atoms with Crippen molar-refractivity contribution in [2.45, 2.75) is 24.4 Å². The van der Waals surface area contributed by atoms with Crippen LogP contribution in [0.1, 0.15) is 12.5 Å². The highest BCUT2D eigenvalue weighted by molar-refractivity contribution is 7.89. The molecule has 0 radical (unpaired) electrons. The van der Waals surface area contributed by atoms with Gasteiger partial charge in [0.15, 0.2) is 0 Å². The molecule has 0 aromatic heterocycles. The Morgan fingerprint density at radius 1 is 1.18 bits per heavy atom. The number of rotatable bonds is 7. The van der Waals surface area contributed by atoms with Gasteiger partial charge in [-0.05, 0) is 49.9 Å². The van der Waals surface area contributed by atoms with Gasteiger partial charge in [0, 0.05) is 26.3 Å². The molecule has 1 atom stereocenters. The molecule has 1 N–H and O–H groups in total. The van der Waals surface area contributed by atoms with Crippen molar-refractivity contribution in [1.82, 2.24) is 9.21 Å². The molecule has 152 valence electrons. The van der Waals surface area contributed by atoms with Gasteiger partial charge >= 0.3 is 0 Å². The molecule has 9 heteroatoms. The highest BCUT2D eigenvalue weighted by Gasteiger charge is 2.23. The van der Waals surface area contributed by atoms with Crippen LogP contribution in [0.2, 0.25) is 5.02 Å². The third-order valence-electron chi connectivity index (χ3n) is 4.32. The number of carbonyl (C=O) groups is 1. The predicted molar refractivity (Wildman–Crippen MR) is 108 cm³/mol. The Morgan fingerprint density at radius 2 is 1.86 bits per heavy atom. The van der Waals surface area contributed by atoms with Crippen molar-refractivity contribution < 1.29 is 17.6 Å². The number of hydrogen-bond donors (Lipinski definition) is 1. The molecule has 0 aliphatic carbocycles. The predicted octanol–water partition coefficient (Wildman–Crippen LogP) is 3.19. The highest BCUT2D eigenvalue weighted by atomic mass is 35.5. The number of nitrogens with zero attached hydrogens (tertiary/aromatic N) is 2. The van der Waals surface area contributed by atoms with E-state index in [0.29, 0.717) is 12.2 Å². The lowest BCUT2D eigenvalue weighted by atomic mass is 10.2. The Hall–Kier alpha value is -2.00. The van der Waals surface area contributed by atoms with Gasteiger partial charge in [-0.25, -0.2) is 17.1 Å². The average Bonchev–Trinajstić information content (AvgIpc) is 2.62. The first-order valence-corrected chi connectivity index (χ1v) is 10.3. The van der Waals surface area contributed by atoms with Crippen molar-refractivity contribution in [2.24, 2.45) is 0 Å². The minimum atomic E-state index is -3.74. The molecule has 2 rings (SSSR count). The van der Waals surface area contributed by atoms with Gasteiger partial charge in [0.1, 0.15) is 10.7 Å². The zero-order valence-electron chi connectivity index (χ0n) is 16.1. The van der Waals surface area contributed by atoms with Crippen LogP contribution in [0.3, 0.4) is 0 Å². The van der Waals surface area contributed by atoms with E-state index in [-0.39, 0.29) is 21.6 Å². The molecule has 28 heavy (non-hydrogen) atoms. The summed E-state index contributed by atoms with van der Waals surface area (Å²) in [5.74, 6) is -0.659. The summed E-state index contributed by atoms with van der Waals surface area (Å²) in [7, 11) is 0.812. The molecule has 0 heterocycles. The smallest absolute Gasteiger partial charge is 0.244 e. The van der Waals surface area contributed by atoms with Gasteiger partial charge in [0.25, 0.3) is 0 Å². The number of halogens is 2. The second-order valence-electron chi connectivity index (χ2n) is 6.64. The fourth-order valence-electron chi connectivity index (χ4n) is 2.48. The van der Waals surface area contributed by atoms with Crippen LogP contribution in [0.15, 0.2) is 47.4 Å². The molecule has 6 nitrogen and oxygen atoms in total. The Kier molecular flexibility index (Phi) is 7.16. The van der Waals surface area contributed by atoms with Crippen LogP contribution in [0.4, 0.5) is 10.1 Å². The van der Waals surface area contributed by atoms with E-state index in [9.17, 15) is 17.6 Å². The molecule has 1 unspecified atom stereocenters. The van der Waals surface area contributed by atoms with Crippen molar-refractivity contribution >= 4 is 33.2 Å². The molecular weight excluding hydrogens is 405 g/mol. The van der Waals surface area contributed by atoms with Crippen LogP contribution in [-0.2, 0) is 21.4 Å². The number of carbonyl (C=O) groups excluding carboxylic acids is 1. The zero-order valence-corrected chi connectivity index (χ0v) is 17.7. The average molecular weight is 428 g/mol. The molecule has 0 bridgehead atoms. The number of nitrogens with one attached hydrogen (secondary N) is 1. The van der Waals surface area contributed by atoms with Crippen molar-refractivity contribution in [2.75, 3.05) is 26.5 Å². The quantitative estimate of drug-likeness (QED) is 0.736. The van der Waals surface area contributed by atoms with Crippen molar-refractivity contribution in [3.8, 4) is 0 Å². The van der Waals surface area contributed by atoms with Crippen molar-refractivity contribution in [3.05, 3.63) is 58.9 Å². The standard InChI is InChI=1S/C19H23ClFN3O3S/c1-13(24(4)12-14-6-5-7-15(21)10-14)19(25)22-16-8-9-17(20)18(11-16)28(26,27)23(2)3/h5-11,13H,12H2,1-4H3,(H,22,25). The van der Waals surface area contributed by atoms with Crippen LogP contribution in [0.25, 0.3) is 0 Å². The van der Waals surface area contributed by atoms with Gasteiger partial charge in [-0.3, -0.25) is 9.69 Å². The third-order valence-corrected chi connectivity index (χ3v) is 6.62. The summed E-state index contributed by atoms with van der Waals surface area (Å²) in [6.45, 7) is 2.09. The minimum Gasteiger partial charge on any atom is -0.325 e. The fourth-order valence-corrected chi connectivity index (χ4v) is 3.88. The molecule has 0 saturated carbocycles. The van der Waals surface area contributed by atoms with E-state index in [1.165, 1.54) is 44.4 Å². The minimum absolute atomic E-state index is 0.0722. The number of amides is 1. The summed E-state index contributed by atoms with van der Waals surface area (Å²) in [6, 6.07) is 9.93. The van der Waals surface area contributed by atoms with E-state index in [1.807, 2.05) is 0 Å². The number of hydrogen-bond acceptors (Lipinski definition) is 4. The van der Waals surface area contributed by atoms with Crippen LogP contribution < -0.4 is 5.32 Å². The summed E-state index contributed by atoms with van der Waals surface area (Å²) in [6.07, 6.45) is 0. The van der Waals surface area contributed by atoms with Gasteiger partial charge in [-0.15, -0.1) is 0 Å². The zero-order chi connectivity index (χ0) is 21.1. The van der Waals surface area contributed by atoms with E-state index in [0.717, 1.165) is 9.87 Å². The maximum atomic E-state index is 13.3. The van der Waals surface area contributed by atoms with Gasteiger partial charge in [0.05, 0.1) is 11.1 Å². The van der Waals surface area contributed by atoms with Crippen LogP contribution >= 0.6 is 11.6 Å². The lowest BCUT2D eigenvalue weighted by Crippen LogP contribution is -2.39. The Balaban J connectivity index is 2.13. The molecular formula is C19H23ClFN3O3S. The molecule has 2 aromatic carbocycles. The van der Waals surface area contributed by atoms with E-state index < -0.39 is 16.1 Å². The van der Waals surface area contributed by atoms with Crippen molar-refractivity contribution in [3.63, 3.8) is 0 Å². The van der Waals surface area contributed by atoms with Crippen LogP contribution in [0.5, 0.6) is 0 Å². The Labute approximate surface area is 170 Å². The summed E-state index contributed by atoms with van der Waals surface area (Å²) in [5, 5.41) is 2.77. The Bertz CT molecular complexity index is 967. The second-order valence-corrected chi connectivity index (χ2v) is 9.17.